The van der Waals surface area contributed by atoms with Crippen molar-refractivity contribution in [2.24, 2.45) is 5.73 Å². The fraction of sp³-hybridized carbons (Fsp3) is 0.125. The van der Waals surface area contributed by atoms with Crippen LogP contribution in [0.3, 0.4) is 0 Å². The van der Waals surface area contributed by atoms with E-state index in [2.05, 4.69) is 5.32 Å². The summed E-state index contributed by atoms with van der Waals surface area (Å²) in [5, 5.41) is 12.0. The topological polar surface area (TPSA) is 78.9 Å². The van der Waals surface area contributed by atoms with Crippen molar-refractivity contribution < 1.29 is 4.79 Å². The third-order valence-corrected chi connectivity index (χ3v) is 3.32. The monoisotopic (exact) mass is 299 g/mol. The third-order valence-electron chi connectivity index (χ3n) is 2.99. The summed E-state index contributed by atoms with van der Waals surface area (Å²) < 4.78 is 0. The number of nitrogens with zero attached hydrogens (tertiary/aromatic N) is 1. The zero-order valence-electron chi connectivity index (χ0n) is 11.2. The number of nitriles is 1. The van der Waals surface area contributed by atoms with Gasteiger partial charge in [-0.2, -0.15) is 5.26 Å². The maximum absolute atomic E-state index is 12.0. The Balaban J connectivity index is 2.03. The van der Waals surface area contributed by atoms with Crippen LogP contribution < -0.4 is 11.1 Å². The zero-order valence-corrected chi connectivity index (χ0v) is 12.0. The van der Waals surface area contributed by atoms with E-state index in [1.165, 1.54) is 6.07 Å². The number of anilines is 1. The molecule has 106 valence electrons. The van der Waals surface area contributed by atoms with Gasteiger partial charge in [0.15, 0.2) is 0 Å². The lowest BCUT2D eigenvalue weighted by molar-refractivity contribution is -0.117. The van der Waals surface area contributed by atoms with Gasteiger partial charge in [-0.1, -0.05) is 41.9 Å². The van der Waals surface area contributed by atoms with E-state index < -0.39 is 6.04 Å². The SMILES string of the molecule is N#Cc1cc(NC(=O)[C@@H](N)Cc2ccccc2)ccc1Cl. The van der Waals surface area contributed by atoms with E-state index >= 15 is 0 Å². The molecule has 21 heavy (non-hydrogen) atoms. The number of rotatable bonds is 4. The van der Waals surface area contributed by atoms with Crippen molar-refractivity contribution in [3.05, 3.63) is 64.7 Å². The first-order chi connectivity index (χ1) is 10.1. The molecule has 0 unspecified atom stereocenters. The molecule has 0 saturated carbocycles. The summed E-state index contributed by atoms with van der Waals surface area (Å²) >= 11 is 5.84. The first-order valence-electron chi connectivity index (χ1n) is 6.40. The Hall–Kier alpha value is -2.35. The summed E-state index contributed by atoms with van der Waals surface area (Å²) in [5.74, 6) is -0.301. The molecular weight excluding hydrogens is 286 g/mol. The van der Waals surface area contributed by atoms with Crippen molar-refractivity contribution >= 4 is 23.2 Å². The van der Waals surface area contributed by atoms with Gasteiger partial charge in [0.25, 0.3) is 0 Å². The first-order valence-corrected chi connectivity index (χ1v) is 6.78. The van der Waals surface area contributed by atoms with Crippen molar-refractivity contribution in [2.45, 2.75) is 12.5 Å². The first kappa shape index (κ1) is 15.0. The molecule has 0 aliphatic rings. The molecule has 2 rings (SSSR count). The molecule has 0 bridgehead atoms. The number of hydrogen-bond acceptors (Lipinski definition) is 3. The maximum atomic E-state index is 12.0. The molecule has 1 atom stereocenters. The van der Waals surface area contributed by atoms with Gasteiger partial charge in [0.1, 0.15) is 6.07 Å². The maximum Gasteiger partial charge on any atom is 0.241 e. The smallest absolute Gasteiger partial charge is 0.241 e. The van der Waals surface area contributed by atoms with E-state index in [1.807, 2.05) is 36.4 Å². The summed E-state index contributed by atoms with van der Waals surface area (Å²) in [6.07, 6.45) is 0.450. The van der Waals surface area contributed by atoms with Crippen molar-refractivity contribution in [3.8, 4) is 6.07 Å². The molecule has 1 amide bonds. The Morgan fingerprint density at radius 1 is 1.29 bits per heavy atom. The van der Waals surface area contributed by atoms with Crippen LogP contribution in [0.25, 0.3) is 0 Å². The molecule has 0 aromatic heterocycles. The van der Waals surface area contributed by atoms with Crippen molar-refractivity contribution in [2.75, 3.05) is 5.32 Å². The quantitative estimate of drug-likeness (QED) is 0.911. The molecular formula is C16H14ClN3O. The summed E-state index contributed by atoms with van der Waals surface area (Å²) in [6, 6.07) is 15.6. The van der Waals surface area contributed by atoms with E-state index in [0.717, 1.165) is 5.56 Å². The summed E-state index contributed by atoms with van der Waals surface area (Å²) in [6.45, 7) is 0. The molecule has 0 aliphatic carbocycles. The minimum atomic E-state index is -0.659. The predicted molar refractivity (Wildman–Crippen MR) is 82.9 cm³/mol. The van der Waals surface area contributed by atoms with Crippen LogP contribution >= 0.6 is 11.6 Å². The van der Waals surface area contributed by atoms with E-state index in [9.17, 15) is 4.79 Å². The number of carbonyl (C=O) groups is 1. The zero-order chi connectivity index (χ0) is 15.2. The molecule has 0 aliphatic heterocycles. The van der Waals surface area contributed by atoms with Gasteiger partial charge < -0.3 is 11.1 Å². The molecule has 0 saturated heterocycles. The summed E-state index contributed by atoms with van der Waals surface area (Å²) in [4.78, 5) is 12.0. The Bertz CT molecular complexity index is 680. The number of hydrogen-bond donors (Lipinski definition) is 2. The lowest BCUT2D eigenvalue weighted by Crippen LogP contribution is -2.37. The largest absolute Gasteiger partial charge is 0.325 e. The number of carbonyl (C=O) groups excluding carboxylic acids is 1. The van der Waals surface area contributed by atoms with Crippen molar-refractivity contribution in [3.63, 3.8) is 0 Å². The van der Waals surface area contributed by atoms with E-state index in [4.69, 9.17) is 22.6 Å². The molecule has 0 fully saturated rings. The fourth-order valence-electron chi connectivity index (χ4n) is 1.88. The molecule has 0 radical (unpaired) electrons. The molecule has 0 heterocycles. The molecule has 3 N–H and O–H groups in total. The Labute approximate surface area is 128 Å². The normalized spacial score (nSPS) is 11.5. The highest BCUT2D eigenvalue weighted by Gasteiger charge is 2.14. The molecule has 5 heteroatoms. The van der Waals surface area contributed by atoms with E-state index in [1.54, 1.807) is 12.1 Å². The molecule has 0 spiro atoms. The van der Waals surface area contributed by atoms with Gasteiger partial charge in [-0.25, -0.2) is 0 Å². The minimum absolute atomic E-state index is 0.301. The van der Waals surface area contributed by atoms with Crippen LogP contribution in [-0.4, -0.2) is 11.9 Å². The van der Waals surface area contributed by atoms with Gasteiger partial charge in [0.05, 0.1) is 16.6 Å². The number of amides is 1. The molecule has 2 aromatic rings. The predicted octanol–water partition coefficient (Wildman–Crippen LogP) is 2.72. The number of halogens is 1. The van der Waals surface area contributed by atoms with Gasteiger partial charge in [-0.05, 0) is 30.2 Å². The number of nitrogens with two attached hydrogens (primary N) is 1. The number of nitrogens with one attached hydrogen (secondary N) is 1. The molecule has 2 aromatic carbocycles. The van der Waals surface area contributed by atoms with Gasteiger partial charge in [-0.15, -0.1) is 0 Å². The highest BCUT2D eigenvalue weighted by molar-refractivity contribution is 6.31. The van der Waals surface area contributed by atoms with E-state index in [-0.39, 0.29) is 5.91 Å². The van der Waals surface area contributed by atoms with Crippen LogP contribution in [0.5, 0.6) is 0 Å². The average molecular weight is 300 g/mol. The van der Waals surface area contributed by atoms with Gasteiger partial charge >= 0.3 is 0 Å². The van der Waals surface area contributed by atoms with Crippen LogP contribution in [-0.2, 0) is 11.2 Å². The van der Waals surface area contributed by atoms with Crippen molar-refractivity contribution in [1.82, 2.24) is 0 Å². The highest BCUT2D eigenvalue weighted by atomic mass is 35.5. The summed E-state index contributed by atoms with van der Waals surface area (Å²) in [5.41, 5.74) is 7.70. The Kier molecular flexibility index (Phi) is 4.94. The minimum Gasteiger partial charge on any atom is -0.325 e. The van der Waals surface area contributed by atoms with Crippen LogP contribution in [0.15, 0.2) is 48.5 Å². The summed E-state index contributed by atoms with van der Waals surface area (Å²) in [7, 11) is 0. The van der Waals surface area contributed by atoms with Crippen LogP contribution in [0, 0.1) is 11.3 Å². The lowest BCUT2D eigenvalue weighted by Gasteiger charge is -2.12. The third kappa shape index (κ3) is 4.06. The Morgan fingerprint density at radius 2 is 2.00 bits per heavy atom. The van der Waals surface area contributed by atoms with E-state index in [0.29, 0.717) is 22.7 Å². The number of benzene rings is 2. The van der Waals surface area contributed by atoms with Gasteiger partial charge in [0, 0.05) is 5.69 Å². The second kappa shape index (κ2) is 6.89. The average Bonchev–Trinajstić information content (AvgIpc) is 2.50. The van der Waals surface area contributed by atoms with Crippen LogP contribution in [0.4, 0.5) is 5.69 Å². The highest BCUT2D eigenvalue weighted by Crippen LogP contribution is 2.19. The fourth-order valence-corrected chi connectivity index (χ4v) is 2.04. The molecule has 4 nitrogen and oxygen atoms in total. The second-order valence-electron chi connectivity index (χ2n) is 4.59. The van der Waals surface area contributed by atoms with Crippen LogP contribution in [0.1, 0.15) is 11.1 Å². The van der Waals surface area contributed by atoms with Crippen LogP contribution in [0.2, 0.25) is 5.02 Å². The lowest BCUT2D eigenvalue weighted by atomic mass is 10.1. The van der Waals surface area contributed by atoms with Gasteiger partial charge in [-0.3, -0.25) is 4.79 Å². The second-order valence-corrected chi connectivity index (χ2v) is 5.00. The van der Waals surface area contributed by atoms with Crippen molar-refractivity contribution in [1.29, 1.82) is 5.26 Å². The Morgan fingerprint density at radius 3 is 2.67 bits per heavy atom. The van der Waals surface area contributed by atoms with Gasteiger partial charge in [0.2, 0.25) is 5.91 Å². The standard InChI is InChI=1S/C16H14ClN3O/c17-14-7-6-13(9-12(14)10-18)20-16(21)15(19)8-11-4-2-1-3-5-11/h1-7,9,15H,8,19H2,(H,20,21)/t15-/m0/s1.